The second-order valence-corrected chi connectivity index (χ2v) is 6.37. The van der Waals surface area contributed by atoms with Crippen molar-refractivity contribution in [1.82, 2.24) is 10.9 Å². The van der Waals surface area contributed by atoms with Crippen LogP contribution in [-0.2, 0) is 0 Å². The van der Waals surface area contributed by atoms with Crippen LogP contribution < -0.4 is 10.9 Å². The van der Waals surface area contributed by atoms with Gasteiger partial charge < -0.3 is 10.5 Å². The van der Waals surface area contributed by atoms with Crippen molar-refractivity contribution in [3.8, 4) is 5.75 Å². The highest BCUT2D eigenvalue weighted by atomic mass is 16.3. The molecule has 0 radical (unpaired) electrons. The minimum absolute atomic E-state index is 0.0614. The number of fused-ring (bicyclic) bond motifs is 1. The Labute approximate surface area is 141 Å². The van der Waals surface area contributed by atoms with Crippen LogP contribution >= 0.6 is 0 Å². The van der Waals surface area contributed by atoms with Crippen molar-refractivity contribution < 1.29 is 5.11 Å². The first-order chi connectivity index (χ1) is 11.6. The smallest absolute Gasteiger partial charge is 0.127 e. The number of rotatable bonds is 2. The van der Waals surface area contributed by atoms with Crippen molar-refractivity contribution in [2.24, 2.45) is 0 Å². The van der Waals surface area contributed by atoms with E-state index in [1.165, 1.54) is 16.3 Å². The van der Waals surface area contributed by atoms with E-state index in [-0.39, 0.29) is 6.04 Å². The van der Waals surface area contributed by atoms with Crippen molar-refractivity contribution in [2.45, 2.75) is 19.9 Å². The summed E-state index contributed by atoms with van der Waals surface area (Å²) in [6, 6.07) is 18.8. The number of aryl methyl sites for hydroxylation is 2. The average molecular weight is 316 g/mol. The number of nitrogens with one attached hydrogen (secondary N) is 2. The van der Waals surface area contributed by atoms with Crippen LogP contribution in [0.15, 0.2) is 60.7 Å². The molecule has 3 aromatic carbocycles. The fraction of sp³-hybridized carbons (Fsp3) is 0.143. The van der Waals surface area contributed by atoms with Gasteiger partial charge in [-0.15, -0.1) is 0 Å². The molecule has 1 unspecified atom stereocenters. The number of phenols is 1. The van der Waals surface area contributed by atoms with Gasteiger partial charge in [-0.1, -0.05) is 48.5 Å². The van der Waals surface area contributed by atoms with Crippen LogP contribution in [0.1, 0.15) is 28.3 Å². The molecule has 0 saturated carbocycles. The largest absolute Gasteiger partial charge is 0.507 e. The van der Waals surface area contributed by atoms with Crippen LogP contribution in [0, 0.1) is 13.8 Å². The Balaban J connectivity index is 1.78. The van der Waals surface area contributed by atoms with E-state index in [4.69, 9.17) is 0 Å². The Morgan fingerprint density at radius 1 is 0.958 bits per heavy atom. The summed E-state index contributed by atoms with van der Waals surface area (Å²) in [5.41, 5.74) is 11.6. The highest BCUT2D eigenvalue weighted by Gasteiger charge is 2.21. The molecule has 120 valence electrons. The molecule has 3 aromatic rings. The summed E-state index contributed by atoms with van der Waals surface area (Å²) in [4.78, 5) is 0. The number of hydrogen-bond acceptors (Lipinski definition) is 3. The number of hydrogen-bond donors (Lipinski definition) is 3. The molecule has 0 spiro atoms. The average Bonchev–Trinajstić information content (AvgIpc) is 3.07. The van der Waals surface area contributed by atoms with E-state index in [0.29, 0.717) is 5.75 Å². The minimum Gasteiger partial charge on any atom is -0.507 e. The van der Waals surface area contributed by atoms with E-state index >= 15 is 0 Å². The normalized spacial score (nSPS) is 16.9. The van der Waals surface area contributed by atoms with Crippen LogP contribution in [0.3, 0.4) is 0 Å². The van der Waals surface area contributed by atoms with Crippen molar-refractivity contribution in [3.05, 3.63) is 82.9 Å². The highest BCUT2D eigenvalue weighted by Crippen LogP contribution is 2.34. The van der Waals surface area contributed by atoms with Gasteiger partial charge in [0.1, 0.15) is 5.75 Å². The third-order valence-corrected chi connectivity index (χ3v) is 4.59. The molecule has 0 saturated heterocycles. The van der Waals surface area contributed by atoms with Gasteiger partial charge in [0, 0.05) is 5.56 Å². The lowest BCUT2D eigenvalue weighted by atomic mass is 9.97. The van der Waals surface area contributed by atoms with Crippen molar-refractivity contribution in [1.29, 1.82) is 0 Å². The molecule has 0 aliphatic carbocycles. The molecule has 3 nitrogen and oxygen atoms in total. The Morgan fingerprint density at radius 3 is 2.62 bits per heavy atom. The van der Waals surface area contributed by atoms with Gasteiger partial charge in [0.15, 0.2) is 0 Å². The molecule has 1 aliphatic heterocycles. The summed E-state index contributed by atoms with van der Waals surface area (Å²) in [6.45, 7) is 3.97. The molecule has 1 atom stereocenters. The zero-order chi connectivity index (χ0) is 16.7. The van der Waals surface area contributed by atoms with E-state index in [1.54, 1.807) is 0 Å². The first kappa shape index (κ1) is 14.8. The van der Waals surface area contributed by atoms with Gasteiger partial charge in [0.05, 0.1) is 11.7 Å². The summed E-state index contributed by atoms with van der Waals surface area (Å²) < 4.78 is 0. The predicted octanol–water partition coefficient (Wildman–Crippen LogP) is 4.35. The van der Waals surface area contributed by atoms with Gasteiger partial charge >= 0.3 is 0 Å². The summed E-state index contributed by atoms with van der Waals surface area (Å²) in [5.74, 6) is 0.333. The van der Waals surface area contributed by atoms with E-state index < -0.39 is 0 Å². The van der Waals surface area contributed by atoms with Gasteiger partial charge in [0.25, 0.3) is 0 Å². The highest BCUT2D eigenvalue weighted by molar-refractivity contribution is 5.87. The second kappa shape index (κ2) is 5.69. The Kier molecular flexibility index (Phi) is 3.51. The standard InChI is InChI=1S/C21H20N2O/c1-13-10-14(2)21(24)18(11-13)20-12-19(22-23-20)17-9-5-7-15-6-3-4-8-16(15)17/h3-12,19,22-24H,1-2H3. The zero-order valence-electron chi connectivity index (χ0n) is 13.8. The quantitative estimate of drug-likeness (QED) is 0.658. The predicted molar refractivity (Wildman–Crippen MR) is 98.5 cm³/mol. The van der Waals surface area contributed by atoms with Gasteiger partial charge in [0.2, 0.25) is 0 Å². The van der Waals surface area contributed by atoms with Crippen LogP contribution in [0.5, 0.6) is 5.75 Å². The molecule has 24 heavy (non-hydrogen) atoms. The molecule has 4 rings (SSSR count). The van der Waals surface area contributed by atoms with Gasteiger partial charge in [-0.25, -0.2) is 5.43 Å². The molecule has 1 aliphatic rings. The molecule has 0 bridgehead atoms. The van der Waals surface area contributed by atoms with E-state index in [9.17, 15) is 5.11 Å². The third kappa shape index (κ3) is 2.43. The summed E-state index contributed by atoms with van der Waals surface area (Å²) in [5, 5.41) is 12.9. The lowest BCUT2D eigenvalue weighted by Gasteiger charge is -2.12. The Hall–Kier alpha value is -2.78. The second-order valence-electron chi connectivity index (χ2n) is 6.37. The molecular formula is C21H20N2O. The molecule has 3 N–H and O–H groups in total. The maximum Gasteiger partial charge on any atom is 0.127 e. The van der Waals surface area contributed by atoms with Crippen molar-refractivity contribution >= 4 is 16.5 Å². The number of phenolic OH excluding ortho intramolecular Hbond substituents is 1. The first-order valence-corrected chi connectivity index (χ1v) is 8.15. The van der Waals surface area contributed by atoms with Crippen LogP contribution in [-0.4, -0.2) is 5.11 Å². The fourth-order valence-electron chi connectivity index (χ4n) is 3.42. The van der Waals surface area contributed by atoms with Gasteiger partial charge in [-0.05, 0) is 53.5 Å². The molecule has 3 heteroatoms. The fourth-order valence-corrected chi connectivity index (χ4v) is 3.42. The minimum atomic E-state index is 0.0614. The lowest BCUT2D eigenvalue weighted by Crippen LogP contribution is -2.26. The molecule has 0 amide bonds. The summed E-state index contributed by atoms with van der Waals surface area (Å²) in [6.07, 6.45) is 2.13. The van der Waals surface area contributed by atoms with E-state index in [2.05, 4.69) is 59.4 Å². The lowest BCUT2D eigenvalue weighted by molar-refractivity contribution is 0.468. The van der Waals surface area contributed by atoms with Crippen LogP contribution in [0.25, 0.3) is 16.5 Å². The van der Waals surface area contributed by atoms with Crippen LogP contribution in [0.2, 0.25) is 0 Å². The van der Waals surface area contributed by atoms with Crippen molar-refractivity contribution in [2.75, 3.05) is 0 Å². The maximum atomic E-state index is 10.4. The summed E-state index contributed by atoms with van der Waals surface area (Å²) >= 11 is 0. The molecule has 1 heterocycles. The zero-order valence-corrected chi connectivity index (χ0v) is 13.8. The van der Waals surface area contributed by atoms with Gasteiger partial charge in [-0.3, -0.25) is 0 Å². The van der Waals surface area contributed by atoms with Gasteiger partial charge in [-0.2, -0.15) is 0 Å². The van der Waals surface area contributed by atoms with Crippen molar-refractivity contribution in [3.63, 3.8) is 0 Å². The Morgan fingerprint density at radius 2 is 1.75 bits per heavy atom. The molecular weight excluding hydrogens is 296 g/mol. The summed E-state index contributed by atoms with van der Waals surface area (Å²) in [7, 11) is 0. The third-order valence-electron chi connectivity index (χ3n) is 4.59. The molecule has 0 aromatic heterocycles. The Bertz CT molecular complexity index is 954. The van der Waals surface area contributed by atoms with E-state index in [1.807, 2.05) is 26.0 Å². The molecule has 0 fully saturated rings. The topological polar surface area (TPSA) is 44.3 Å². The number of aromatic hydroxyl groups is 1. The number of benzene rings is 3. The SMILES string of the molecule is Cc1cc(C)c(O)c(C2=CC(c3cccc4ccccc34)NN2)c1. The number of hydrazine groups is 1. The van der Waals surface area contributed by atoms with Crippen LogP contribution in [0.4, 0.5) is 0 Å². The maximum absolute atomic E-state index is 10.4. The monoisotopic (exact) mass is 316 g/mol. The first-order valence-electron chi connectivity index (χ1n) is 8.15. The van der Waals surface area contributed by atoms with E-state index in [0.717, 1.165) is 22.4 Å².